The molecule has 4 aromatic rings. The minimum absolute atomic E-state index is 0.129. The Labute approximate surface area is 241 Å². The van der Waals surface area contributed by atoms with E-state index in [0.29, 0.717) is 40.1 Å². The Bertz CT molecular complexity index is 1670. The lowest BCUT2D eigenvalue weighted by Crippen LogP contribution is -2.33. The van der Waals surface area contributed by atoms with Crippen molar-refractivity contribution in [3.8, 4) is 17.6 Å². The van der Waals surface area contributed by atoms with Gasteiger partial charge in [0.25, 0.3) is 5.56 Å². The molecule has 5 rings (SSSR count). The smallest absolute Gasteiger partial charge is 0.410 e. The molecule has 1 fully saturated rings. The maximum atomic E-state index is 13.9. The third-order valence-electron chi connectivity index (χ3n) is 7.18. The van der Waals surface area contributed by atoms with E-state index < -0.39 is 11.5 Å². The van der Waals surface area contributed by atoms with Gasteiger partial charge in [-0.3, -0.25) is 14.3 Å². The number of hydrogen-bond acceptors (Lipinski definition) is 9. The van der Waals surface area contributed by atoms with Crippen LogP contribution >= 0.6 is 11.3 Å². The fraction of sp³-hybridized carbons (Fsp3) is 0.367. The molecule has 2 aromatic carbocycles. The minimum atomic E-state index is -1.06. The molecule has 212 valence electrons. The molecule has 10 nitrogen and oxygen atoms in total. The van der Waals surface area contributed by atoms with Crippen LogP contribution < -0.4 is 15.0 Å². The third-order valence-corrected chi connectivity index (χ3v) is 8.23. The predicted molar refractivity (Wildman–Crippen MR) is 154 cm³/mol. The quantitative estimate of drug-likeness (QED) is 0.282. The van der Waals surface area contributed by atoms with E-state index in [2.05, 4.69) is 6.07 Å². The van der Waals surface area contributed by atoms with Crippen LogP contribution in [0.4, 0.5) is 4.79 Å². The Morgan fingerprint density at radius 2 is 1.93 bits per heavy atom. The van der Waals surface area contributed by atoms with Gasteiger partial charge in [0, 0.05) is 18.2 Å². The van der Waals surface area contributed by atoms with Crippen LogP contribution in [0.25, 0.3) is 10.3 Å². The molecular formula is C30H31N5O5S. The number of fused-ring (bicyclic) bond motifs is 1. The van der Waals surface area contributed by atoms with Crippen molar-refractivity contribution in [1.29, 1.82) is 5.26 Å². The lowest BCUT2D eigenvalue weighted by atomic mass is 9.94. The van der Waals surface area contributed by atoms with Gasteiger partial charge in [-0.25, -0.2) is 14.8 Å². The lowest BCUT2D eigenvalue weighted by Gasteiger charge is -2.22. The maximum Gasteiger partial charge on any atom is 0.410 e. The zero-order chi connectivity index (χ0) is 29.1. The van der Waals surface area contributed by atoms with Crippen molar-refractivity contribution in [2.75, 3.05) is 20.8 Å². The molecule has 0 unspecified atom stereocenters. The summed E-state index contributed by atoms with van der Waals surface area (Å²) < 4.78 is 17.9. The van der Waals surface area contributed by atoms with E-state index in [1.54, 1.807) is 45.1 Å². The summed E-state index contributed by atoms with van der Waals surface area (Å²) in [5, 5.41) is 10.6. The summed E-state index contributed by atoms with van der Waals surface area (Å²) in [6, 6.07) is 16.8. The van der Waals surface area contributed by atoms with Crippen molar-refractivity contribution in [2.24, 2.45) is 0 Å². The first-order valence-electron chi connectivity index (χ1n) is 13.3. The largest absolute Gasteiger partial charge is 0.497 e. The van der Waals surface area contributed by atoms with E-state index in [0.717, 1.165) is 17.5 Å². The number of ether oxygens (including phenoxy) is 3. The zero-order valence-electron chi connectivity index (χ0n) is 23.4. The summed E-state index contributed by atoms with van der Waals surface area (Å²) in [6.45, 7) is 4.30. The second kappa shape index (κ2) is 11.6. The van der Waals surface area contributed by atoms with Crippen LogP contribution in [0.5, 0.6) is 11.5 Å². The van der Waals surface area contributed by atoms with Crippen LogP contribution in [-0.2, 0) is 23.3 Å². The van der Waals surface area contributed by atoms with Crippen molar-refractivity contribution in [1.82, 2.24) is 19.4 Å². The lowest BCUT2D eigenvalue weighted by molar-refractivity contribution is 0.0920. The first-order chi connectivity index (χ1) is 19.7. The van der Waals surface area contributed by atoms with Crippen molar-refractivity contribution in [2.45, 2.75) is 51.3 Å². The van der Waals surface area contributed by atoms with Crippen LogP contribution in [0.3, 0.4) is 0 Å². The number of methoxy groups -OCH3 is 2. The van der Waals surface area contributed by atoms with E-state index in [1.165, 1.54) is 15.9 Å². The fourth-order valence-electron chi connectivity index (χ4n) is 4.94. The van der Waals surface area contributed by atoms with Crippen molar-refractivity contribution >= 4 is 27.8 Å². The van der Waals surface area contributed by atoms with E-state index in [4.69, 9.17) is 24.2 Å². The SMILES string of the molecule is COc1ccc(Cn2c(C(C)(C)C#N)nc3sc([C@H]4CCCN4C(=O)OCc4ccccc4)nc3c2=O)c(OC)c1. The van der Waals surface area contributed by atoms with Gasteiger partial charge in [0.1, 0.15) is 34.4 Å². The Hall–Kier alpha value is -4.43. The number of carbonyl (C=O) groups excluding carboxylic acids is 1. The third kappa shape index (κ3) is 5.60. The second-order valence-corrected chi connectivity index (χ2v) is 11.3. The van der Waals surface area contributed by atoms with E-state index in [9.17, 15) is 14.9 Å². The first kappa shape index (κ1) is 28.1. The number of carbonyl (C=O) groups is 1. The number of hydrogen-bond donors (Lipinski definition) is 0. The number of aromatic nitrogens is 3. The number of nitrogens with zero attached hydrogens (tertiary/aromatic N) is 5. The van der Waals surface area contributed by atoms with Crippen LogP contribution in [-0.4, -0.2) is 46.3 Å². The van der Waals surface area contributed by atoms with Crippen LogP contribution in [0, 0.1) is 11.3 Å². The molecule has 0 aliphatic carbocycles. The van der Waals surface area contributed by atoms with Crippen LogP contribution in [0.15, 0.2) is 53.3 Å². The fourth-order valence-corrected chi connectivity index (χ4v) is 6.02. The van der Waals surface area contributed by atoms with Crippen molar-refractivity contribution in [3.05, 3.63) is 80.8 Å². The molecule has 41 heavy (non-hydrogen) atoms. The number of nitriles is 1. The zero-order valence-corrected chi connectivity index (χ0v) is 24.2. The highest BCUT2D eigenvalue weighted by atomic mass is 32.1. The van der Waals surface area contributed by atoms with Gasteiger partial charge in [0.05, 0.1) is 32.9 Å². The average molecular weight is 574 g/mol. The molecule has 0 spiro atoms. The standard InChI is InChI=1S/C30H31N5O5S/c1-30(2,18-31)28-33-26-24(27(36)35(28)16-20-12-13-21(38-3)15-23(20)39-4)32-25(41-26)22-11-8-14-34(22)29(37)40-17-19-9-6-5-7-10-19/h5-7,9-10,12-13,15,22H,8,11,14,16-17H2,1-4H3/t22-/m1/s1. The van der Waals surface area contributed by atoms with Gasteiger partial charge in [-0.05, 0) is 44.4 Å². The average Bonchev–Trinajstić information content (AvgIpc) is 3.65. The first-order valence-corrected chi connectivity index (χ1v) is 14.1. The van der Waals surface area contributed by atoms with Gasteiger partial charge in [0.2, 0.25) is 0 Å². The molecule has 0 saturated carbocycles. The molecular weight excluding hydrogens is 542 g/mol. The molecule has 3 heterocycles. The van der Waals surface area contributed by atoms with E-state index in [1.807, 2.05) is 36.4 Å². The summed E-state index contributed by atoms with van der Waals surface area (Å²) in [4.78, 5) is 38.6. The van der Waals surface area contributed by atoms with E-state index in [-0.39, 0.29) is 30.3 Å². The molecule has 1 amide bonds. The molecule has 0 bridgehead atoms. The normalized spacial score (nSPS) is 15.1. The Kier molecular flexibility index (Phi) is 7.94. The number of likely N-dealkylation sites (tertiary alicyclic amines) is 1. The number of rotatable bonds is 8. The van der Waals surface area contributed by atoms with Crippen molar-refractivity contribution in [3.63, 3.8) is 0 Å². The van der Waals surface area contributed by atoms with Crippen LogP contribution in [0.2, 0.25) is 0 Å². The summed E-state index contributed by atoms with van der Waals surface area (Å²) in [5.41, 5.74) is 0.426. The Balaban J connectivity index is 1.51. The van der Waals surface area contributed by atoms with Gasteiger partial charge in [0.15, 0.2) is 10.3 Å². The highest BCUT2D eigenvalue weighted by Gasteiger charge is 2.35. The highest BCUT2D eigenvalue weighted by molar-refractivity contribution is 7.18. The summed E-state index contributed by atoms with van der Waals surface area (Å²) in [7, 11) is 3.12. The summed E-state index contributed by atoms with van der Waals surface area (Å²) in [6.07, 6.45) is 1.08. The number of benzene rings is 2. The van der Waals surface area contributed by atoms with E-state index >= 15 is 0 Å². The monoisotopic (exact) mass is 573 g/mol. The molecule has 0 radical (unpaired) electrons. The summed E-state index contributed by atoms with van der Waals surface area (Å²) in [5.74, 6) is 1.50. The maximum absolute atomic E-state index is 13.9. The van der Waals surface area contributed by atoms with Crippen LogP contribution in [0.1, 0.15) is 54.7 Å². The Morgan fingerprint density at radius 3 is 2.63 bits per heavy atom. The van der Waals surface area contributed by atoms with Gasteiger partial charge in [-0.1, -0.05) is 41.7 Å². The van der Waals surface area contributed by atoms with Gasteiger partial charge in [-0.2, -0.15) is 5.26 Å². The van der Waals surface area contributed by atoms with Crippen molar-refractivity contribution < 1.29 is 19.0 Å². The topological polar surface area (TPSA) is 120 Å². The molecule has 1 atom stereocenters. The molecule has 11 heteroatoms. The molecule has 1 saturated heterocycles. The number of amides is 1. The van der Waals surface area contributed by atoms with Gasteiger partial charge >= 0.3 is 6.09 Å². The number of thiazole rings is 1. The molecule has 2 aromatic heterocycles. The molecule has 1 aliphatic heterocycles. The minimum Gasteiger partial charge on any atom is -0.497 e. The molecule has 0 N–H and O–H groups in total. The summed E-state index contributed by atoms with van der Waals surface area (Å²) >= 11 is 1.28. The predicted octanol–water partition coefficient (Wildman–Crippen LogP) is 5.19. The second-order valence-electron chi connectivity index (χ2n) is 10.3. The molecule has 1 aliphatic rings. The Morgan fingerprint density at radius 1 is 1.15 bits per heavy atom. The van der Waals surface area contributed by atoms with Gasteiger partial charge < -0.3 is 14.2 Å². The highest BCUT2D eigenvalue weighted by Crippen LogP contribution is 2.37. The van der Waals surface area contributed by atoms with Gasteiger partial charge in [-0.15, -0.1) is 0 Å².